The van der Waals surface area contributed by atoms with Gasteiger partial charge >= 0.3 is 0 Å². The topological polar surface area (TPSA) is 63.8 Å². The molecule has 2 heterocycles. The summed E-state index contributed by atoms with van der Waals surface area (Å²) in [6, 6.07) is 1.70. The number of rotatable bonds is 2. The van der Waals surface area contributed by atoms with Crippen molar-refractivity contribution < 1.29 is 5.11 Å². The highest BCUT2D eigenvalue weighted by molar-refractivity contribution is 9.10. The Morgan fingerprint density at radius 2 is 2.07 bits per heavy atom. The third-order valence-electron chi connectivity index (χ3n) is 2.03. The van der Waals surface area contributed by atoms with Crippen LogP contribution in [0.5, 0.6) is 0 Å². The predicted molar refractivity (Wildman–Crippen MR) is 57.0 cm³/mol. The minimum Gasteiger partial charge on any atom is -0.379 e. The average Bonchev–Trinajstić information content (AvgIpc) is 2.59. The van der Waals surface area contributed by atoms with Crippen LogP contribution in [-0.4, -0.2) is 24.9 Å². The first-order valence-corrected chi connectivity index (χ1v) is 5.12. The predicted octanol–water partition coefficient (Wildman–Crippen LogP) is 1.05. The average molecular weight is 269 g/mol. The zero-order valence-electron chi connectivity index (χ0n) is 8.00. The van der Waals surface area contributed by atoms with E-state index in [1.807, 2.05) is 0 Å². The van der Waals surface area contributed by atoms with E-state index in [9.17, 15) is 5.11 Å². The van der Waals surface area contributed by atoms with E-state index in [1.54, 1.807) is 36.4 Å². The summed E-state index contributed by atoms with van der Waals surface area (Å²) in [6.07, 6.45) is 3.95. The van der Waals surface area contributed by atoms with E-state index in [1.165, 1.54) is 0 Å². The first kappa shape index (κ1) is 10.3. The second kappa shape index (κ2) is 4.08. The Hall–Kier alpha value is -1.27. The molecule has 0 fully saturated rings. The molecule has 0 aromatic carbocycles. The maximum Gasteiger partial charge on any atom is 0.163 e. The lowest BCUT2D eigenvalue weighted by molar-refractivity contribution is 0.198. The minimum atomic E-state index is -0.868. The van der Waals surface area contributed by atoms with Crippen molar-refractivity contribution in [1.29, 1.82) is 0 Å². The molecule has 2 rings (SSSR count). The Bertz CT molecular complexity index is 437. The van der Waals surface area contributed by atoms with E-state index in [0.717, 1.165) is 4.47 Å². The van der Waals surface area contributed by atoms with Crippen molar-refractivity contribution in [2.24, 2.45) is 7.05 Å². The van der Waals surface area contributed by atoms with Gasteiger partial charge in [0.1, 0.15) is 0 Å². The SMILES string of the molecule is Cn1ncc(Br)c1C(O)c1ncccn1. The molecule has 0 aliphatic heterocycles. The van der Waals surface area contributed by atoms with Crippen LogP contribution in [0.15, 0.2) is 29.1 Å². The molecule has 1 N–H and O–H groups in total. The highest BCUT2D eigenvalue weighted by atomic mass is 79.9. The number of aromatic nitrogens is 4. The molecule has 0 saturated heterocycles. The van der Waals surface area contributed by atoms with E-state index in [-0.39, 0.29) is 0 Å². The van der Waals surface area contributed by atoms with Gasteiger partial charge in [0, 0.05) is 19.4 Å². The second-order valence-electron chi connectivity index (χ2n) is 3.01. The fourth-order valence-corrected chi connectivity index (χ4v) is 1.87. The summed E-state index contributed by atoms with van der Waals surface area (Å²) in [5.74, 6) is 0.363. The van der Waals surface area contributed by atoms with E-state index >= 15 is 0 Å². The van der Waals surface area contributed by atoms with Crippen LogP contribution in [0.4, 0.5) is 0 Å². The van der Waals surface area contributed by atoms with Crippen LogP contribution in [0.1, 0.15) is 17.6 Å². The summed E-state index contributed by atoms with van der Waals surface area (Å²) in [6.45, 7) is 0. The van der Waals surface area contributed by atoms with Gasteiger partial charge in [0.05, 0.1) is 16.4 Å². The van der Waals surface area contributed by atoms with Crippen LogP contribution in [0, 0.1) is 0 Å². The lowest BCUT2D eigenvalue weighted by Crippen LogP contribution is -2.10. The molecule has 2 aromatic heterocycles. The third-order valence-corrected chi connectivity index (χ3v) is 2.64. The van der Waals surface area contributed by atoms with E-state index in [0.29, 0.717) is 11.5 Å². The van der Waals surface area contributed by atoms with Gasteiger partial charge in [0.25, 0.3) is 0 Å². The summed E-state index contributed by atoms with van der Waals surface area (Å²) >= 11 is 3.32. The molecule has 0 aliphatic rings. The molecule has 1 atom stereocenters. The molecule has 0 saturated carbocycles. The Labute approximate surface area is 94.9 Å². The van der Waals surface area contributed by atoms with Crippen molar-refractivity contribution >= 4 is 15.9 Å². The molecule has 0 aliphatic carbocycles. The molecule has 0 radical (unpaired) electrons. The van der Waals surface area contributed by atoms with Crippen molar-refractivity contribution in [2.45, 2.75) is 6.10 Å². The fraction of sp³-hybridized carbons (Fsp3) is 0.222. The molecule has 5 nitrogen and oxygen atoms in total. The van der Waals surface area contributed by atoms with Gasteiger partial charge in [-0.25, -0.2) is 9.97 Å². The smallest absolute Gasteiger partial charge is 0.163 e. The Balaban J connectivity index is 2.41. The number of aliphatic hydroxyl groups excluding tert-OH is 1. The van der Waals surface area contributed by atoms with Crippen LogP contribution in [-0.2, 0) is 7.05 Å². The monoisotopic (exact) mass is 268 g/mol. The van der Waals surface area contributed by atoms with E-state index in [4.69, 9.17) is 0 Å². The maximum absolute atomic E-state index is 10.0. The molecular weight excluding hydrogens is 260 g/mol. The lowest BCUT2D eigenvalue weighted by Gasteiger charge is -2.09. The molecule has 15 heavy (non-hydrogen) atoms. The van der Waals surface area contributed by atoms with E-state index in [2.05, 4.69) is 31.0 Å². The fourth-order valence-electron chi connectivity index (χ4n) is 1.30. The number of aliphatic hydroxyl groups is 1. The highest BCUT2D eigenvalue weighted by Gasteiger charge is 2.19. The molecule has 0 bridgehead atoms. The zero-order chi connectivity index (χ0) is 10.8. The van der Waals surface area contributed by atoms with Crippen LogP contribution in [0.25, 0.3) is 0 Å². The highest BCUT2D eigenvalue weighted by Crippen LogP contribution is 2.25. The number of aryl methyl sites for hydroxylation is 1. The molecule has 6 heteroatoms. The summed E-state index contributed by atoms with van der Waals surface area (Å²) in [5.41, 5.74) is 0.640. The molecule has 78 valence electrons. The molecule has 2 aromatic rings. The van der Waals surface area contributed by atoms with Gasteiger partial charge < -0.3 is 5.11 Å². The van der Waals surface area contributed by atoms with Crippen LogP contribution >= 0.6 is 15.9 Å². The lowest BCUT2D eigenvalue weighted by atomic mass is 10.2. The largest absolute Gasteiger partial charge is 0.379 e. The van der Waals surface area contributed by atoms with Crippen molar-refractivity contribution in [2.75, 3.05) is 0 Å². The van der Waals surface area contributed by atoms with Crippen molar-refractivity contribution in [3.8, 4) is 0 Å². The molecule has 0 amide bonds. The Morgan fingerprint density at radius 1 is 1.40 bits per heavy atom. The third kappa shape index (κ3) is 1.91. The normalized spacial score (nSPS) is 12.7. The summed E-state index contributed by atoms with van der Waals surface area (Å²) in [5, 5.41) is 14.0. The standard InChI is InChI=1S/C9H9BrN4O/c1-14-7(6(10)5-13-14)8(15)9-11-3-2-4-12-9/h2-5,8,15H,1H3. The minimum absolute atomic E-state index is 0.363. The second-order valence-corrected chi connectivity index (χ2v) is 3.87. The van der Waals surface area contributed by atoms with Gasteiger partial charge in [-0.3, -0.25) is 4.68 Å². The number of hydrogen-bond acceptors (Lipinski definition) is 4. The quantitative estimate of drug-likeness (QED) is 0.885. The van der Waals surface area contributed by atoms with E-state index < -0.39 is 6.10 Å². The number of nitrogens with zero attached hydrogens (tertiary/aromatic N) is 4. The van der Waals surface area contributed by atoms with Gasteiger partial charge in [-0.05, 0) is 22.0 Å². The van der Waals surface area contributed by atoms with Crippen molar-refractivity contribution in [1.82, 2.24) is 19.7 Å². The Kier molecular flexibility index (Phi) is 2.79. The van der Waals surface area contributed by atoms with Crippen LogP contribution < -0.4 is 0 Å². The van der Waals surface area contributed by atoms with Gasteiger partial charge in [0.15, 0.2) is 11.9 Å². The number of halogens is 1. The molecule has 1 unspecified atom stereocenters. The van der Waals surface area contributed by atoms with Gasteiger partial charge in [0.2, 0.25) is 0 Å². The number of hydrogen-bond donors (Lipinski definition) is 1. The van der Waals surface area contributed by atoms with Crippen LogP contribution in [0.2, 0.25) is 0 Å². The molecular formula is C9H9BrN4O. The summed E-state index contributed by atoms with van der Waals surface area (Å²) in [4.78, 5) is 7.99. The first-order chi connectivity index (χ1) is 7.20. The van der Waals surface area contributed by atoms with Crippen molar-refractivity contribution in [3.63, 3.8) is 0 Å². The maximum atomic E-state index is 10.0. The van der Waals surface area contributed by atoms with Crippen molar-refractivity contribution in [3.05, 3.63) is 40.6 Å². The Morgan fingerprint density at radius 3 is 2.60 bits per heavy atom. The van der Waals surface area contributed by atoms with Gasteiger partial charge in [-0.15, -0.1) is 0 Å². The van der Waals surface area contributed by atoms with Crippen LogP contribution in [0.3, 0.4) is 0 Å². The molecule has 0 spiro atoms. The first-order valence-electron chi connectivity index (χ1n) is 4.32. The summed E-state index contributed by atoms with van der Waals surface area (Å²) < 4.78 is 2.33. The zero-order valence-corrected chi connectivity index (χ0v) is 9.59. The van der Waals surface area contributed by atoms with Gasteiger partial charge in [-0.1, -0.05) is 0 Å². The van der Waals surface area contributed by atoms with Gasteiger partial charge in [-0.2, -0.15) is 5.10 Å². The summed E-state index contributed by atoms with van der Waals surface area (Å²) in [7, 11) is 1.76.